The summed E-state index contributed by atoms with van der Waals surface area (Å²) in [5, 5.41) is 0. The molecule has 0 atom stereocenters. The lowest BCUT2D eigenvalue weighted by molar-refractivity contribution is -0.127. The van der Waals surface area contributed by atoms with Gasteiger partial charge in [0.1, 0.15) is 5.75 Å². The first-order chi connectivity index (χ1) is 8.76. The highest BCUT2D eigenvalue weighted by Crippen LogP contribution is 2.30. The lowest BCUT2D eigenvalue weighted by Crippen LogP contribution is -2.31. The fraction of sp³-hybridized carbons (Fsp3) is 0.400. The fourth-order valence-electron chi connectivity index (χ4n) is 2.03. The van der Waals surface area contributed by atoms with E-state index < -0.39 is 0 Å². The van der Waals surface area contributed by atoms with Gasteiger partial charge < -0.3 is 9.64 Å². The van der Waals surface area contributed by atoms with E-state index in [0.717, 1.165) is 24.2 Å². The van der Waals surface area contributed by atoms with E-state index in [9.17, 15) is 4.79 Å². The van der Waals surface area contributed by atoms with Crippen LogP contribution in [0.3, 0.4) is 0 Å². The van der Waals surface area contributed by atoms with E-state index in [1.54, 1.807) is 19.3 Å². The Labute approximate surface area is 108 Å². The van der Waals surface area contributed by atoms with E-state index >= 15 is 0 Å². The zero-order valence-corrected chi connectivity index (χ0v) is 10.9. The number of methoxy groups -OCH3 is 1. The summed E-state index contributed by atoms with van der Waals surface area (Å²) in [4.78, 5) is 14.0. The third-order valence-corrected chi connectivity index (χ3v) is 3.11. The van der Waals surface area contributed by atoms with Crippen LogP contribution in [-0.2, 0) is 11.3 Å². The van der Waals surface area contributed by atoms with Crippen molar-refractivity contribution in [3.05, 3.63) is 42.0 Å². The van der Waals surface area contributed by atoms with Crippen LogP contribution in [0.15, 0.2) is 36.4 Å². The molecule has 0 aromatic heterocycles. The maximum absolute atomic E-state index is 12.0. The van der Waals surface area contributed by atoms with E-state index in [4.69, 9.17) is 4.74 Å². The Morgan fingerprint density at radius 3 is 2.78 bits per heavy atom. The molecule has 1 fully saturated rings. The molecule has 1 aliphatic rings. The van der Waals surface area contributed by atoms with Gasteiger partial charge in [-0.25, -0.2) is 0 Å². The first-order valence-corrected chi connectivity index (χ1v) is 6.31. The van der Waals surface area contributed by atoms with Gasteiger partial charge in [-0.1, -0.05) is 24.3 Å². The second-order valence-corrected chi connectivity index (χ2v) is 4.51. The van der Waals surface area contributed by atoms with Crippen LogP contribution in [0.25, 0.3) is 0 Å². The van der Waals surface area contributed by atoms with Crippen LogP contribution < -0.4 is 4.74 Å². The zero-order valence-electron chi connectivity index (χ0n) is 10.9. The summed E-state index contributed by atoms with van der Waals surface area (Å²) in [6.07, 6.45) is 5.64. The number of hydrogen-bond acceptors (Lipinski definition) is 2. The van der Waals surface area contributed by atoms with Crippen molar-refractivity contribution < 1.29 is 9.53 Å². The van der Waals surface area contributed by atoms with Crippen molar-refractivity contribution in [3.63, 3.8) is 0 Å². The van der Waals surface area contributed by atoms with Crippen molar-refractivity contribution in [2.75, 3.05) is 7.11 Å². The lowest BCUT2D eigenvalue weighted by atomic mass is 10.2. The number of rotatable bonds is 5. The molecule has 0 spiro atoms. The first-order valence-electron chi connectivity index (χ1n) is 6.31. The molecule has 1 amide bonds. The fourth-order valence-corrected chi connectivity index (χ4v) is 2.03. The summed E-state index contributed by atoms with van der Waals surface area (Å²) < 4.78 is 5.33. The SMILES string of the molecule is CC=CC(=O)N(Cc1ccccc1OC)C1CC1. The molecule has 3 nitrogen and oxygen atoms in total. The highest BCUT2D eigenvalue weighted by Gasteiger charge is 2.31. The third kappa shape index (κ3) is 2.92. The number of benzene rings is 1. The van der Waals surface area contributed by atoms with Gasteiger partial charge in [-0.2, -0.15) is 0 Å². The monoisotopic (exact) mass is 245 g/mol. The Morgan fingerprint density at radius 2 is 2.17 bits per heavy atom. The van der Waals surface area contributed by atoms with E-state index in [1.807, 2.05) is 36.1 Å². The molecule has 1 saturated carbocycles. The molecule has 0 saturated heterocycles. The molecular formula is C15H19NO2. The van der Waals surface area contributed by atoms with Gasteiger partial charge in [0, 0.05) is 18.2 Å². The zero-order chi connectivity index (χ0) is 13.0. The molecule has 0 heterocycles. The van der Waals surface area contributed by atoms with Crippen LogP contribution in [0, 0.1) is 0 Å². The number of carbonyl (C=O) groups is 1. The molecule has 0 unspecified atom stereocenters. The average molecular weight is 245 g/mol. The van der Waals surface area contributed by atoms with E-state index in [1.165, 1.54) is 0 Å². The number of hydrogen-bond donors (Lipinski definition) is 0. The second-order valence-electron chi connectivity index (χ2n) is 4.51. The minimum atomic E-state index is 0.0888. The number of carbonyl (C=O) groups excluding carboxylic acids is 1. The molecule has 96 valence electrons. The molecule has 3 heteroatoms. The predicted octanol–water partition coefficient (Wildman–Crippen LogP) is 2.76. The maximum Gasteiger partial charge on any atom is 0.246 e. The van der Waals surface area contributed by atoms with Crippen molar-refractivity contribution in [1.29, 1.82) is 0 Å². The van der Waals surface area contributed by atoms with Crippen LogP contribution in [-0.4, -0.2) is 24.0 Å². The largest absolute Gasteiger partial charge is 0.496 e. The van der Waals surface area contributed by atoms with Crippen LogP contribution in [0.4, 0.5) is 0 Å². The summed E-state index contributed by atoms with van der Waals surface area (Å²) in [6.45, 7) is 2.49. The standard InChI is InChI=1S/C15H19NO2/c1-3-6-15(17)16(13-9-10-13)11-12-7-4-5-8-14(12)18-2/h3-8,13H,9-11H2,1-2H3. The Balaban J connectivity index is 2.15. The van der Waals surface area contributed by atoms with Gasteiger partial charge in [0.25, 0.3) is 0 Å². The van der Waals surface area contributed by atoms with Crippen LogP contribution in [0.5, 0.6) is 5.75 Å². The minimum Gasteiger partial charge on any atom is -0.496 e. The third-order valence-electron chi connectivity index (χ3n) is 3.11. The lowest BCUT2D eigenvalue weighted by Gasteiger charge is -2.22. The van der Waals surface area contributed by atoms with Gasteiger partial charge in [-0.15, -0.1) is 0 Å². The molecule has 0 N–H and O–H groups in total. The highest BCUT2D eigenvalue weighted by molar-refractivity contribution is 5.88. The average Bonchev–Trinajstić information content (AvgIpc) is 3.21. The summed E-state index contributed by atoms with van der Waals surface area (Å²) in [5.74, 6) is 0.933. The van der Waals surface area contributed by atoms with Gasteiger partial charge >= 0.3 is 0 Å². The summed E-state index contributed by atoms with van der Waals surface area (Å²) in [7, 11) is 1.66. The van der Waals surface area contributed by atoms with Crippen LogP contribution in [0.2, 0.25) is 0 Å². The Bertz CT molecular complexity index is 450. The van der Waals surface area contributed by atoms with Crippen molar-refractivity contribution in [2.24, 2.45) is 0 Å². The van der Waals surface area contributed by atoms with Crippen LogP contribution >= 0.6 is 0 Å². The number of para-hydroxylation sites is 1. The molecule has 18 heavy (non-hydrogen) atoms. The van der Waals surface area contributed by atoms with Gasteiger partial charge in [-0.3, -0.25) is 4.79 Å². The van der Waals surface area contributed by atoms with Gasteiger partial charge in [0.05, 0.1) is 7.11 Å². The predicted molar refractivity (Wildman–Crippen MR) is 71.4 cm³/mol. The van der Waals surface area contributed by atoms with Gasteiger partial charge in [0.2, 0.25) is 5.91 Å². The van der Waals surface area contributed by atoms with E-state index in [-0.39, 0.29) is 5.91 Å². The summed E-state index contributed by atoms with van der Waals surface area (Å²) in [5.41, 5.74) is 1.06. The quantitative estimate of drug-likeness (QED) is 0.746. The van der Waals surface area contributed by atoms with Gasteiger partial charge in [0.15, 0.2) is 0 Å². The normalized spacial score (nSPS) is 14.8. The van der Waals surface area contributed by atoms with Crippen molar-refractivity contribution in [3.8, 4) is 5.75 Å². The minimum absolute atomic E-state index is 0.0888. The number of nitrogens with zero attached hydrogens (tertiary/aromatic N) is 1. The van der Waals surface area contributed by atoms with Crippen molar-refractivity contribution in [1.82, 2.24) is 4.90 Å². The highest BCUT2D eigenvalue weighted by atomic mass is 16.5. The maximum atomic E-state index is 12.0. The van der Waals surface area contributed by atoms with Crippen LogP contribution in [0.1, 0.15) is 25.3 Å². The Kier molecular flexibility index (Phi) is 4.03. The number of allylic oxidation sites excluding steroid dienone is 1. The molecule has 1 aromatic rings. The van der Waals surface area contributed by atoms with Crippen molar-refractivity contribution >= 4 is 5.91 Å². The summed E-state index contributed by atoms with van der Waals surface area (Å²) >= 11 is 0. The Morgan fingerprint density at radius 1 is 1.44 bits per heavy atom. The Hall–Kier alpha value is -1.77. The first kappa shape index (κ1) is 12.7. The molecular weight excluding hydrogens is 226 g/mol. The molecule has 2 rings (SSSR count). The topological polar surface area (TPSA) is 29.5 Å². The molecule has 0 radical (unpaired) electrons. The smallest absolute Gasteiger partial charge is 0.246 e. The second kappa shape index (κ2) is 5.71. The number of ether oxygens (including phenoxy) is 1. The van der Waals surface area contributed by atoms with Gasteiger partial charge in [-0.05, 0) is 31.9 Å². The molecule has 0 aliphatic heterocycles. The molecule has 1 aliphatic carbocycles. The summed E-state index contributed by atoms with van der Waals surface area (Å²) in [6, 6.07) is 8.26. The number of amides is 1. The van der Waals surface area contributed by atoms with E-state index in [2.05, 4.69) is 0 Å². The van der Waals surface area contributed by atoms with Crippen molar-refractivity contribution in [2.45, 2.75) is 32.4 Å². The van der Waals surface area contributed by atoms with E-state index in [0.29, 0.717) is 12.6 Å². The molecule has 0 bridgehead atoms. The molecule has 1 aromatic carbocycles.